The lowest BCUT2D eigenvalue weighted by atomic mass is 10.0. The van der Waals surface area contributed by atoms with Gasteiger partial charge < -0.3 is 21.9 Å². The van der Waals surface area contributed by atoms with E-state index in [-0.39, 0.29) is 24.8 Å². The summed E-state index contributed by atoms with van der Waals surface area (Å²) in [5.74, 6) is -1.43. The van der Waals surface area contributed by atoms with Crippen LogP contribution in [0.2, 0.25) is 0 Å². The largest absolute Gasteiger partial charge is 0.480 e. The molecule has 0 radical (unpaired) electrons. The van der Waals surface area contributed by atoms with Gasteiger partial charge in [0.15, 0.2) is 0 Å². The van der Waals surface area contributed by atoms with Gasteiger partial charge in [0.1, 0.15) is 6.54 Å². The van der Waals surface area contributed by atoms with Crippen molar-refractivity contribution in [1.82, 2.24) is 15.8 Å². The highest BCUT2D eigenvalue weighted by Crippen LogP contribution is 2.06. The first-order chi connectivity index (χ1) is 11.1. The monoisotopic (exact) mass is 345 g/mol. The highest BCUT2D eigenvalue weighted by Gasteiger charge is 2.21. The number of nitrogens with zero attached hydrogens (tertiary/aromatic N) is 1. The predicted molar refractivity (Wildman–Crippen MR) is 90.7 cm³/mol. The Balaban J connectivity index is 4.56. The zero-order valence-electron chi connectivity index (χ0n) is 14.7. The number of hydrogen-bond acceptors (Lipinski definition) is 6. The number of nitrogens with two attached hydrogens (primary N) is 2. The van der Waals surface area contributed by atoms with Crippen LogP contribution in [-0.4, -0.2) is 60.1 Å². The minimum Gasteiger partial charge on any atom is -0.480 e. The molecule has 0 rings (SSSR count). The molecular weight excluding hydrogens is 314 g/mol. The molecule has 0 bridgehead atoms. The first-order valence-electron chi connectivity index (χ1n) is 8.14. The molecule has 9 nitrogen and oxygen atoms in total. The molecule has 9 heteroatoms. The van der Waals surface area contributed by atoms with Crippen molar-refractivity contribution in [2.45, 2.75) is 51.6 Å². The van der Waals surface area contributed by atoms with E-state index in [4.69, 9.17) is 16.6 Å². The van der Waals surface area contributed by atoms with Gasteiger partial charge in [-0.1, -0.05) is 13.8 Å². The van der Waals surface area contributed by atoms with Gasteiger partial charge in [-0.05, 0) is 31.7 Å². The summed E-state index contributed by atoms with van der Waals surface area (Å²) >= 11 is 0. The second-order valence-electron chi connectivity index (χ2n) is 6.36. The lowest BCUT2D eigenvalue weighted by Gasteiger charge is -2.23. The number of hydrogen-bond donors (Lipinski definition) is 5. The van der Waals surface area contributed by atoms with Crippen LogP contribution >= 0.6 is 0 Å². The number of amides is 2. The summed E-state index contributed by atoms with van der Waals surface area (Å²) in [6, 6.07) is -1.01. The Kier molecular flexibility index (Phi) is 10.9. The highest BCUT2D eigenvalue weighted by atomic mass is 16.4. The summed E-state index contributed by atoms with van der Waals surface area (Å²) in [6.07, 6.45) is 1.79. The van der Waals surface area contributed by atoms with Gasteiger partial charge in [0.05, 0.1) is 6.04 Å². The van der Waals surface area contributed by atoms with Gasteiger partial charge in [0, 0.05) is 19.5 Å². The molecule has 0 aliphatic carbocycles. The first-order valence-corrected chi connectivity index (χ1v) is 8.14. The normalized spacial score (nSPS) is 13.6. The molecular formula is C15H31N5O4. The lowest BCUT2D eigenvalue weighted by Crippen LogP contribution is -2.49. The third-order valence-electron chi connectivity index (χ3n) is 3.28. The Hall–Kier alpha value is -1.71. The van der Waals surface area contributed by atoms with Crippen LogP contribution in [0, 0.1) is 5.92 Å². The molecule has 0 aliphatic heterocycles. The molecule has 0 saturated heterocycles. The second-order valence-corrected chi connectivity index (χ2v) is 6.36. The van der Waals surface area contributed by atoms with E-state index in [0.717, 1.165) is 0 Å². The maximum Gasteiger partial charge on any atom is 0.319 e. The van der Waals surface area contributed by atoms with Crippen molar-refractivity contribution in [2.24, 2.45) is 17.4 Å². The number of carbonyl (C=O) groups excluding carboxylic acids is 2. The van der Waals surface area contributed by atoms with Crippen LogP contribution < -0.4 is 22.2 Å². The second kappa shape index (κ2) is 11.8. The van der Waals surface area contributed by atoms with E-state index in [0.29, 0.717) is 31.7 Å². The molecule has 0 fully saturated rings. The van der Waals surface area contributed by atoms with E-state index >= 15 is 0 Å². The fourth-order valence-electron chi connectivity index (χ4n) is 2.24. The van der Waals surface area contributed by atoms with Crippen molar-refractivity contribution in [3.8, 4) is 0 Å². The number of rotatable bonds is 12. The van der Waals surface area contributed by atoms with Crippen LogP contribution in [0.25, 0.3) is 0 Å². The molecule has 0 aromatic rings. The molecule has 2 amide bonds. The molecule has 0 spiro atoms. The molecule has 0 aromatic carbocycles. The van der Waals surface area contributed by atoms with Crippen LogP contribution in [0.4, 0.5) is 0 Å². The van der Waals surface area contributed by atoms with Crippen molar-refractivity contribution in [1.29, 1.82) is 0 Å². The van der Waals surface area contributed by atoms with Gasteiger partial charge in [0.2, 0.25) is 11.8 Å². The van der Waals surface area contributed by atoms with Crippen LogP contribution in [0.1, 0.15) is 39.5 Å². The Labute approximate surface area is 143 Å². The Morgan fingerprint density at radius 3 is 2.38 bits per heavy atom. The van der Waals surface area contributed by atoms with E-state index in [2.05, 4.69) is 10.7 Å². The number of carboxylic acid groups (broad SMARTS) is 1. The van der Waals surface area contributed by atoms with Gasteiger partial charge in [-0.15, -0.1) is 0 Å². The first kappa shape index (κ1) is 22.3. The molecule has 2 atom stereocenters. The van der Waals surface area contributed by atoms with Gasteiger partial charge in [-0.3, -0.25) is 19.8 Å². The van der Waals surface area contributed by atoms with E-state index < -0.39 is 18.1 Å². The third-order valence-corrected chi connectivity index (χ3v) is 3.28. The van der Waals surface area contributed by atoms with E-state index in [1.54, 1.807) is 0 Å². The van der Waals surface area contributed by atoms with E-state index in [9.17, 15) is 14.4 Å². The van der Waals surface area contributed by atoms with Crippen molar-refractivity contribution < 1.29 is 19.5 Å². The van der Waals surface area contributed by atoms with Crippen LogP contribution in [0.15, 0.2) is 0 Å². The number of aliphatic carboxylic acids is 1. The zero-order valence-corrected chi connectivity index (χ0v) is 14.7. The third kappa shape index (κ3) is 10.9. The Morgan fingerprint density at radius 2 is 1.88 bits per heavy atom. The number of carboxylic acids is 1. The molecule has 7 N–H and O–H groups in total. The van der Waals surface area contributed by atoms with Gasteiger partial charge in [0.25, 0.3) is 0 Å². The van der Waals surface area contributed by atoms with Gasteiger partial charge >= 0.3 is 5.97 Å². The van der Waals surface area contributed by atoms with Crippen molar-refractivity contribution in [3.63, 3.8) is 0 Å². The lowest BCUT2D eigenvalue weighted by molar-refractivity contribution is -0.139. The number of hydrazine groups is 1. The summed E-state index contributed by atoms with van der Waals surface area (Å²) in [5.41, 5.74) is 13.8. The van der Waals surface area contributed by atoms with Crippen LogP contribution in [0.5, 0.6) is 0 Å². The topological polar surface area (TPSA) is 151 Å². The van der Waals surface area contributed by atoms with Crippen LogP contribution in [0.3, 0.4) is 0 Å². The van der Waals surface area contributed by atoms with E-state index in [1.807, 2.05) is 13.8 Å². The molecule has 0 aliphatic rings. The van der Waals surface area contributed by atoms with Crippen molar-refractivity contribution >= 4 is 17.8 Å². The number of likely N-dealkylation sites (N-methyl/N-ethyl adjacent to an activating group) is 1. The maximum atomic E-state index is 12.1. The summed E-state index contributed by atoms with van der Waals surface area (Å²) in [4.78, 5) is 34.7. The molecule has 0 unspecified atom stereocenters. The molecule has 0 heterocycles. The molecule has 0 aromatic heterocycles. The fraction of sp³-hybridized carbons (Fsp3) is 0.800. The predicted octanol–water partition coefficient (Wildman–Crippen LogP) is -0.979. The summed E-state index contributed by atoms with van der Waals surface area (Å²) in [5, 5.41) is 12.6. The van der Waals surface area contributed by atoms with Gasteiger partial charge in [-0.2, -0.15) is 0 Å². The maximum absolute atomic E-state index is 12.1. The van der Waals surface area contributed by atoms with Crippen LogP contribution in [-0.2, 0) is 14.4 Å². The minimum atomic E-state index is -1.05. The molecule has 24 heavy (non-hydrogen) atoms. The summed E-state index contributed by atoms with van der Waals surface area (Å²) in [6.45, 7) is 4.09. The molecule has 0 saturated carbocycles. The quantitative estimate of drug-likeness (QED) is 0.285. The summed E-state index contributed by atoms with van der Waals surface area (Å²) < 4.78 is 0. The average molecular weight is 345 g/mol. The van der Waals surface area contributed by atoms with Gasteiger partial charge in [-0.25, -0.2) is 5.01 Å². The zero-order chi connectivity index (χ0) is 18.7. The Morgan fingerprint density at radius 1 is 1.25 bits per heavy atom. The highest BCUT2D eigenvalue weighted by molar-refractivity contribution is 5.83. The Bertz CT molecular complexity index is 417. The average Bonchev–Trinajstić information content (AvgIpc) is 2.42. The fourth-order valence-corrected chi connectivity index (χ4v) is 2.24. The van der Waals surface area contributed by atoms with Crippen molar-refractivity contribution in [2.75, 3.05) is 20.1 Å². The number of carbonyl (C=O) groups is 3. The van der Waals surface area contributed by atoms with E-state index in [1.165, 1.54) is 12.1 Å². The standard InChI is InChI=1S/C15H31N5O4/c1-10(2)7-12(17)15(24)18-11(5-4-6-16)8-13(21)19-20(3)9-14(22)23/h10-12H,4-9,16-17H2,1-3H3,(H,18,24)(H,19,21)(H,22,23)/t11-,12-/m0/s1. The minimum absolute atomic E-state index is 0.0318. The SMILES string of the molecule is CC(C)C[C@H](N)C(=O)N[C@@H](CCCN)CC(=O)NN(C)CC(=O)O. The summed E-state index contributed by atoms with van der Waals surface area (Å²) in [7, 11) is 1.46. The smallest absolute Gasteiger partial charge is 0.319 e. The number of nitrogens with one attached hydrogen (secondary N) is 2. The van der Waals surface area contributed by atoms with Crippen molar-refractivity contribution in [3.05, 3.63) is 0 Å². The molecule has 140 valence electrons.